The first-order chi connectivity index (χ1) is 9.97. The van der Waals surface area contributed by atoms with Crippen LogP contribution in [0.4, 0.5) is 10.1 Å². The Balaban J connectivity index is 2.30. The van der Waals surface area contributed by atoms with E-state index in [-0.39, 0.29) is 17.6 Å². The highest BCUT2D eigenvalue weighted by molar-refractivity contribution is 5.81. The van der Waals surface area contributed by atoms with Crippen LogP contribution < -0.4 is 5.73 Å². The molecule has 0 radical (unpaired) electrons. The Morgan fingerprint density at radius 2 is 1.95 bits per heavy atom. The van der Waals surface area contributed by atoms with Crippen LogP contribution >= 0.6 is 0 Å². The van der Waals surface area contributed by atoms with Gasteiger partial charge < -0.3 is 15.4 Å². The van der Waals surface area contributed by atoms with E-state index in [2.05, 4.69) is 4.98 Å². The monoisotopic (exact) mass is 285 g/mol. The number of nitrogens with two attached hydrogens (primary N) is 1. The van der Waals surface area contributed by atoms with Crippen molar-refractivity contribution in [2.24, 2.45) is 0 Å². The highest BCUT2D eigenvalue weighted by atomic mass is 19.1. The second-order valence-corrected chi connectivity index (χ2v) is 5.31. The van der Waals surface area contributed by atoms with Gasteiger partial charge >= 0.3 is 0 Å². The third-order valence-corrected chi connectivity index (χ3v) is 3.46. The van der Waals surface area contributed by atoms with Crippen molar-refractivity contribution in [1.82, 2.24) is 9.55 Å². The molecule has 0 aliphatic rings. The fourth-order valence-electron chi connectivity index (χ4n) is 2.48. The van der Waals surface area contributed by atoms with Crippen molar-refractivity contribution in [3.8, 4) is 17.1 Å². The van der Waals surface area contributed by atoms with Gasteiger partial charge in [0, 0.05) is 17.7 Å². The van der Waals surface area contributed by atoms with Crippen molar-refractivity contribution in [3.05, 3.63) is 42.2 Å². The average molecular weight is 285 g/mol. The normalized spacial score (nSPS) is 11.4. The molecule has 0 fully saturated rings. The number of hydrogen-bond donors (Lipinski definition) is 2. The molecule has 5 heteroatoms. The number of aromatic hydroxyl groups is 1. The predicted octanol–water partition coefficient (Wildman–Crippen LogP) is 3.71. The number of rotatable bonds is 2. The Hall–Kier alpha value is -2.56. The molecule has 0 spiro atoms. The SMILES string of the molecule is CC(C)n1c(-c2ccc(N)c(O)c2)nc2cc(F)ccc21. The molecule has 1 heterocycles. The number of imidazole rings is 1. The van der Waals surface area contributed by atoms with E-state index in [0.717, 1.165) is 11.1 Å². The fraction of sp³-hybridized carbons (Fsp3) is 0.188. The Bertz CT molecular complexity index is 824. The average Bonchev–Trinajstić information content (AvgIpc) is 2.80. The van der Waals surface area contributed by atoms with Crippen LogP contribution in [0.1, 0.15) is 19.9 Å². The zero-order valence-corrected chi connectivity index (χ0v) is 11.8. The molecule has 3 N–H and O–H groups in total. The summed E-state index contributed by atoms with van der Waals surface area (Å²) in [6.45, 7) is 4.07. The van der Waals surface area contributed by atoms with Gasteiger partial charge in [-0.15, -0.1) is 0 Å². The number of phenols is 1. The van der Waals surface area contributed by atoms with E-state index in [1.807, 2.05) is 18.4 Å². The molecular formula is C16H16FN3O. The van der Waals surface area contributed by atoms with Gasteiger partial charge in [-0.1, -0.05) is 0 Å². The zero-order chi connectivity index (χ0) is 15.1. The molecular weight excluding hydrogens is 269 g/mol. The molecule has 0 aliphatic heterocycles. The van der Waals surface area contributed by atoms with Gasteiger partial charge in [-0.2, -0.15) is 0 Å². The highest BCUT2D eigenvalue weighted by Gasteiger charge is 2.16. The molecule has 0 atom stereocenters. The fourth-order valence-corrected chi connectivity index (χ4v) is 2.48. The van der Waals surface area contributed by atoms with E-state index >= 15 is 0 Å². The maximum absolute atomic E-state index is 13.4. The number of hydrogen-bond acceptors (Lipinski definition) is 3. The second-order valence-electron chi connectivity index (χ2n) is 5.31. The topological polar surface area (TPSA) is 64.1 Å². The molecule has 3 aromatic rings. The van der Waals surface area contributed by atoms with Crippen molar-refractivity contribution in [2.45, 2.75) is 19.9 Å². The highest BCUT2D eigenvalue weighted by Crippen LogP contribution is 2.32. The van der Waals surface area contributed by atoms with E-state index in [0.29, 0.717) is 17.0 Å². The number of benzene rings is 2. The van der Waals surface area contributed by atoms with Gasteiger partial charge in [0.2, 0.25) is 0 Å². The lowest BCUT2D eigenvalue weighted by molar-refractivity contribution is 0.478. The number of fused-ring (bicyclic) bond motifs is 1. The summed E-state index contributed by atoms with van der Waals surface area (Å²) in [6, 6.07) is 9.71. The summed E-state index contributed by atoms with van der Waals surface area (Å²) < 4.78 is 15.4. The summed E-state index contributed by atoms with van der Waals surface area (Å²) in [5.41, 5.74) is 8.14. The Morgan fingerprint density at radius 3 is 2.62 bits per heavy atom. The molecule has 0 bridgehead atoms. The van der Waals surface area contributed by atoms with Crippen LogP contribution in [0.2, 0.25) is 0 Å². The number of anilines is 1. The Morgan fingerprint density at radius 1 is 1.19 bits per heavy atom. The van der Waals surface area contributed by atoms with Crippen LogP contribution in [0.3, 0.4) is 0 Å². The molecule has 1 aromatic heterocycles. The third-order valence-electron chi connectivity index (χ3n) is 3.46. The summed E-state index contributed by atoms with van der Waals surface area (Å²) >= 11 is 0. The predicted molar refractivity (Wildman–Crippen MR) is 81.6 cm³/mol. The summed E-state index contributed by atoms with van der Waals surface area (Å²) in [6.07, 6.45) is 0. The maximum atomic E-state index is 13.4. The Labute approximate surface area is 121 Å². The molecule has 21 heavy (non-hydrogen) atoms. The Kier molecular flexibility index (Phi) is 3.05. The number of nitrogen functional groups attached to an aromatic ring is 1. The van der Waals surface area contributed by atoms with Gasteiger partial charge in [-0.25, -0.2) is 9.37 Å². The van der Waals surface area contributed by atoms with Crippen molar-refractivity contribution in [3.63, 3.8) is 0 Å². The van der Waals surface area contributed by atoms with Crippen LogP contribution in [0.5, 0.6) is 5.75 Å². The summed E-state index contributed by atoms with van der Waals surface area (Å²) in [7, 11) is 0. The van der Waals surface area contributed by atoms with Crippen LogP contribution in [-0.4, -0.2) is 14.7 Å². The molecule has 0 saturated heterocycles. The quantitative estimate of drug-likeness (QED) is 0.557. The first kappa shape index (κ1) is 13.4. The van der Waals surface area contributed by atoms with Gasteiger partial charge in [0.15, 0.2) is 0 Å². The second kappa shape index (κ2) is 4.77. The summed E-state index contributed by atoms with van der Waals surface area (Å²) in [5.74, 6) is 0.379. The van der Waals surface area contributed by atoms with Crippen LogP contribution in [0.15, 0.2) is 36.4 Å². The van der Waals surface area contributed by atoms with Gasteiger partial charge in [-0.3, -0.25) is 0 Å². The van der Waals surface area contributed by atoms with E-state index in [9.17, 15) is 9.50 Å². The number of phenolic OH excluding ortho intramolecular Hbond substituents is 1. The molecule has 4 nitrogen and oxygen atoms in total. The minimum Gasteiger partial charge on any atom is -0.506 e. The molecule has 0 saturated carbocycles. The van der Waals surface area contributed by atoms with Crippen molar-refractivity contribution in [2.75, 3.05) is 5.73 Å². The largest absolute Gasteiger partial charge is 0.506 e. The van der Waals surface area contributed by atoms with E-state index in [1.165, 1.54) is 12.1 Å². The first-order valence-electron chi connectivity index (χ1n) is 6.73. The van der Waals surface area contributed by atoms with Crippen LogP contribution in [0.25, 0.3) is 22.4 Å². The van der Waals surface area contributed by atoms with Crippen LogP contribution in [0, 0.1) is 5.82 Å². The number of nitrogens with zero attached hydrogens (tertiary/aromatic N) is 2. The molecule has 0 unspecified atom stereocenters. The lowest BCUT2D eigenvalue weighted by Gasteiger charge is -2.13. The van der Waals surface area contributed by atoms with Gasteiger partial charge in [0.1, 0.15) is 17.4 Å². The number of halogens is 1. The lowest BCUT2D eigenvalue weighted by atomic mass is 10.1. The molecule has 2 aromatic carbocycles. The van der Waals surface area contributed by atoms with Crippen molar-refractivity contribution in [1.29, 1.82) is 0 Å². The molecule has 0 aliphatic carbocycles. The molecule has 3 rings (SSSR count). The number of aromatic nitrogens is 2. The smallest absolute Gasteiger partial charge is 0.141 e. The van der Waals surface area contributed by atoms with Gasteiger partial charge in [0.25, 0.3) is 0 Å². The summed E-state index contributed by atoms with van der Waals surface area (Å²) in [4.78, 5) is 4.51. The van der Waals surface area contributed by atoms with Crippen LogP contribution in [-0.2, 0) is 0 Å². The maximum Gasteiger partial charge on any atom is 0.141 e. The minimum atomic E-state index is -0.317. The van der Waals surface area contributed by atoms with E-state index < -0.39 is 0 Å². The van der Waals surface area contributed by atoms with Gasteiger partial charge in [-0.05, 0) is 44.2 Å². The van der Waals surface area contributed by atoms with Crippen molar-refractivity contribution >= 4 is 16.7 Å². The zero-order valence-electron chi connectivity index (χ0n) is 11.8. The third kappa shape index (κ3) is 2.20. The van der Waals surface area contributed by atoms with Gasteiger partial charge in [0.05, 0.1) is 16.7 Å². The standard InChI is InChI=1S/C16H16FN3O/c1-9(2)20-14-6-4-11(17)8-13(14)19-16(20)10-3-5-12(18)15(21)7-10/h3-9,21H,18H2,1-2H3. The first-order valence-corrected chi connectivity index (χ1v) is 6.73. The lowest BCUT2D eigenvalue weighted by Crippen LogP contribution is -2.03. The molecule has 0 amide bonds. The summed E-state index contributed by atoms with van der Waals surface area (Å²) in [5, 5.41) is 9.79. The molecule has 108 valence electrons. The minimum absolute atomic E-state index is 0.0149. The van der Waals surface area contributed by atoms with Crippen molar-refractivity contribution < 1.29 is 9.50 Å². The van der Waals surface area contributed by atoms with E-state index in [4.69, 9.17) is 5.73 Å². The van der Waals surface area contributed by atoms with E-state index in [1.54, 1.807) is 24.3 Å².